The van der Waals surface area contributed by atoms with Gasteiger partial charge in [0.15, 0.2) is 0 Å². The van der Waals surface area contributed by atoms with Crippen molar-refractivity contribution in [3.8, 4) is 0 Å². The van der Waals surface area contributed by atoms with Crippen LogP contribution in [0, 0.1) is 0 Å². The van der Waals surface area contributed by atoms with E-state index >= 15 is 0 Å². The van der Waals surface area contributed by atoms with E-state index in [1.165, 1.54) is 225 Å². The summed E-state index contributed by atoms with van der Waals surface area (Å²) >= 11 is 0. The summed E-state index contributed by atoms with van der Waals surface area (Å²) < 4.78 is 5.26. The highest BCUT2D eigenvalue weighted by atomic mass is 15.1. The Labute approximate surface area is 272 Å². The van der Waals surface area contributed by atoms with Crippen LogP contribution in [0.5, 0.6) is 0 Å². The molecule has 0 atom stereocenters. The van der Waals surface area contributed by atoms with E-state index in [0.29, 0.717) is 0 Å². The summed E-state index contributed by atoms with van der Waals surface area (Å²) in [5, 5.41) is 0. The molecule has 0 saturated carbocycles. The first kappa shape index (κ1) is 40.2. The first-order valence-corrected chi connectivity index (χ1v) is 20.4. The van der Waals surface area contributed by atoms with Crippen molar-refractivity contribution in [1.82, 2.24) is 4.57 Å². The van der Waals surface area contributed by atoms with Crippen LogP contribution in [0.3, 0.4) is 0 Å². The Hall–Kier alpha value is -0.790. The van der Waals surface area contributed by atoms with Gasteiger partial charge < -0.3 is 0 Å². The van der Waals surface area contributed by atoms with Crippen molar-refractivity contribution in [2.75, 3.05) is 0 Å². The maximum atomic E-state index is 2.63. The number of hydrogen-bond donors (Lipinski definition) is 0. The molecular formula is C41H81N2+. The molecule has 2 heteroatoms. The topological polar surface area (TPSA) is 8.81 Å². The molecule has 0 aliphatic heterocycles. The lowest BCUT2D eigenvalue weighted by Gasteiger charge is -2.07. The van der Waals surface area contributed by atoms with E-state index < -0.39 is 0 Å². The molecule has 1 aromatic heterocycles. The molecule has 0 amide bonds. The molecule has 43 heavy (non-hydrogen) atoms. The lowest BCUT2D eigenvalue weighted by atomic mass is 10.0. The summed E-state index contributed by atoms with van der Waals surface area (Å²) in [4.78, 5) is 0. The fourth-order valence-corrected chi connectivity index (χ4v) is 6.86. The Morgan fingerprint density at radius 2 is 0.721 bits per heavy atom. The largest absolute Gasteiger partial charge is 0.256 e. The van der Waals surface area contributed by atoms with Crippen molar-refractivity contribution in [1.29, 1.82) is 0 Å². The summed E-state index contributed by atoms with van der Waals surface area (Å²) in [7, 11) is 0. The Morgan fingerprint density at radius 1 is 0.395 bits per heavy atom. The molecule has 1 rings (SSSR count). The van der Waals surface area contributed by atoms with E-state index in [1.54, 1.807) is 5.82 Å². The van der Waals surface area contributed by atoms with Crippen LogP contribution in [0.2, 0.25) is 0 Å². The van der Waals surface area contributed by atoms with E-state index in [9.17, 15) is 0 Å². The lowest BCUT2D eigenvalue weighted by molar-refractivity contribution is -0.704. The smallest absolute Gasteiger partial charge is 0.234 e. The third-order valence-corrected chi connectivity index (χ3v) is 9.85. The maximum absolute atomic E-state index is 2.63. The predicted molar refractivity (Wildman–Crippen MR) is 193 cm³/mol. The fraction of sp³-hybridized carbons (Fsp3) is 0.927. The summed E-state index contributed by atoms with van der Waals surface area (Å²) in [5.74, 6) is 1.62. The molecule has 0 unspecified atom stereocenters. The molecule has 0 aliphatic rings. The van der Waals surface area contributed by atoms with Crippen LogP contribution < -0.4 is 4.57 Å². The number of aryl methyl sites for hydroxylation is 2. The summed E-state index contributed by atoms with van der Waals surface area (Å²) in [6.45, 7) is 9.40. The number of aromatic nitrogens is 2. The van der Waals surface area contributed by atoms with Crippen molar-refractivity contribution >= 4 is 0 Å². The third kappa shape index (κ3) is 25.1. The average molecular weight is 602 g/mol. The molecule has 2 nitrogen and oxygen atoms in total. The third-order valence-electron chi connectivity index (χ3n) is 9.85. The van der Waals surface area contributed by atoms with E-state index in [4.69, 9.17) is 0 Å². The average Bonchev–Trinajstić information content (AvgIpc) is 3.40. The molecule has 0 saturated heterocycles. The molecule has 0 bridgehead atoms. The van der Waals surface area contributed by atoms with E-state index in [0.717, 1.165) is 0 Å². The quantitative estimate of drug-likeness (QED) is 0.0540. The number of imidazole rings is 1. The first-order valence-electron chi connectivity index (χ1n) is 20.4. The summed E-state index contributed by atoms with van der Waals surface area (Å²) in [6, 6.07) is 0. The molecule has 1 heterocycles. The summed E-state index contributed by atoms with van der Waals surface area (Å²) in [5.41, 5.74) is 0. The molecule has 0 spiro atoms. The molecular weight excluding hydrogens is 520 g/mol. The minimum atomic E-state index is 1.23. The molecule has 1 aromatic rings. The Bertz CT molecular complexity index is 663. The SMILES string of the molecule is CCCCCCCCCCCCCCCCCCC[n+]1ccn(CCCCCCCC)c1CCCCCCCCCCC. The first-order chi connectivity index (χ1) is 21.3. The Kier molecular flexibility index (Phi) is 30.5. The lowest BCUT2D eigenvalue weighted by Crippen LogP contribution is -2.37. The highest BCUT2D eigenvalue weighted by molar-refractivity contribution is 4.84. The van der Waals surface area contributed by atoms with Gasteiger partial charge in [0.2, 0.25) is 0 Å². The van der Waals surface area contributed by atoms with Crippen LogP contribution in [0.15, 0.2) is 12.4 Å². The zero-order valence-corrected chi connectivity index (χ0v) is 30.3. The van der Waals surface area contributed by atoms with Gasteiger partial charge in [-0.3, -0.25) is 0 Å². The Morgan fingerprint density at radius 3 is 1.12 bits per heavy atom. The second-order valence-electron chi connectivity index (χ2n) is 14.1. The fourth-order valence-electron chi connectivity index (χ4n) is 6.86. The number of unbranched alkanes of at least 4 members (excludes halogenated alkanes) is 29. The van der Waals surface area contributed by atoms with Crippen molar-refractivity contribution in [3.63, 3.8) is 0 Å². The molecule has 0 N–H and O–H groups in total. The minimum absolute atomic E-state index is 1.23. The molecule has 0 radical (unpaired) electrons. The van der Waals surface area contributed by atoms with Gasteiger partial charge in [-0.2, -0.15) is 0 Å². The minimum Gasteiger partial charge on any atom is -0.234 e. The van der Waals surface area contributed by atoms with Crippen LogP contribution >= 0.6 is 0 Å². The predicted octanol–water partition coefficient (Wildman–Crippen LogP) is 13.9. The molecule has 0 aliphatic carbocycles. The standard InChI is InChI=1S/C41H81N2/c1-4-7-10-13-16-18-19-20-21-22-23-24-25-27-29-32-35-38-43-40-39-42(37-34-31-15-12-9-6-3)41(43)36-33-30-28-26-17-14-11-8-5-2/h39-40H,4-38H2,1-3H3/q+1. The van der Waals surface area contributed by atoms with Crippen molar-refractivity contribution in [2.45, 2.75) is 246 Å². The highest BCUT2D eigenvalue weighted by Gasteiger charge is 2.16. The molecule has 0 aromatic carbocycles. The van der Waals surface area contributed by atoms with Gasteiger partial charge in [0, 0.05) is 6.42 Å². The zero-order chi connectivity index (χ0) is 30.9. The second-order valence-corrected chi connectivity index (χ2v) is 14.1. The Balaban J connectivity index is 2.18. The zero-order valence-electron chi connectivity index (χ0n) is 30.3. The monoisotopic (exact) mass is 602 g/mol. The van der Waals surface area contributed by atoms with Crippen LogP contribution in [-0.2, 0) is 19.5 Å². The van der Waals surface area contributed by atoms with Crippen LogP contribution in [0.4, 0.5) is 0 Å². The van der Waals surface area contributed by atoms with E-state index in [2.05, 4.69) is 42.3 Å². The second kappa shape index (κ2) is 32.6. The van der Waals surface area contributed by atoms with Gasteiger partial charge in [0.25, 0.3) is 5.82 Å². The van der Waals surface area contributed by atoms with Gasteiger partial charge in [-0.05, 0) is 32.1 Å². The van der Waals surface area contributed by atoms with Crippen LogP contribution in [0.25, 0.3) is 0 Å². The normalized spacial score (nSPS) is 11.6. The van der Waals surface area contributed by atoms with Gasteiger partial charge in [0.1, 0.15) is 12.4 Å². The van der Waals surface area contributed by atoms with Crippen LogP contribution in [-0.4, -0.2) is 4.57 Å². The van der Waals surface area contributed by atoms with E-state index in [-0.39, 0.29) is 0 Å². The van der Waals surface area contributed by atoms with Crippen molar-refractivity contribution in [2.24, 2.45) is 0 Å². The summed E-state index contributed by atoms with van der Waals surface area (Å²) in [6.07, 6.45) is 51.9. The highest BCUT2D eigenvalue weighted by Crippen LogP contribution is 2.15. The van der Waals surface area contributed by atoms with Crippen LogP contribution in [0.1, 0.15) is 232 Å². The van der Waals surface area contributed by atoms with Crippen molar-refractivity contribution < 1.29 is 4.57 Å². The molecule has 254 valence electrons. The van der Waals surface area contributed by atoms with E-state index in [1.807, 2.05) is 0 Å². The number of nitrogens with zero attached hydrogens (tertiary/aromatic N) is 2. The van der Waals surface area contributed by atoms with Gasteiger partial charge >= 0.3 is 0 Å². The number of rotatable bonds is 35. The van der Waals surface area contributed by atoms with Crippen molar-refractivity contribution in [3.05, 3.63) is 18.2 Å². The number of hydrogen-bond acceptors (Lipinski definition) is 0. The van der Waals surface area contributed by atoms with Gasteiger partial charge in [-0.25, -0.2) is 9.13 Å². The van der Waals surface area contributed by atoms with Gasteiger partial charge in [0.05, 0.1) is 13.1 Å². The molecule has 0 fully saturated rings. The van der Waals surface area contributed by atoms with Gasteiger partial charge in [-0.1, -0.05) is 194 Å². The maximum Gasteiger partial charge on any atom is 0.256 e. The van der Waals surface area contributed by atoms with Gasteiger partial charge in [-0.15, -0.1) is 0 Å².